The Morgan fingerprint density at radius 1 is 1.12 bits per heavy atom. The van der Waals surface area contributed by atoms with Gasteiger partial charge in [0.15, 0.2) is 0 Å². The maximum Gasteiger partial charge on any atom is 0.387 e. The van der Waals surface area contributed by atoms with E-state index < -0.39 is 51.0 Å². The van der Waals surface area contributed by atoms with Crippen molar-refractivity contribution < 1.29 is 36.3 Å². The van der Waals surface area contributed by atoms with Crippen molar-refractivity contribution in [2.24, 2.45) is 0 Å². The number of amides is 3. The van der Waals surface area contributed by atoms with Gasteiger partial charge >= 0.3 is 6.61 Å². The number of fused-ring (bicyclic) bond motifs is 1. The maximum absolute atomic E-state index is 12.8. The largest absolute Gasteiger partial charge is 0.433 e. The molecule has 9 nitrogen and oxygen atoms in total. The van der Waals surface area contributed by atoms with E-state index in [1.807, 2.05) is 0 Å². The first kappa shape index (κ1) is 21.7. The minimum atomic E-state index is -4.28. The number of imide groups is 1. The summed E-state index contributed by atoms with van der Waals surface area (Å²) in [6.45, 7) is -3.14. The molecule has 0 radical (unpaired) electrons. The number of carbonyl (C=O) groups excluding carboxylic acids is 3. The van der Waals surface area contributed by atoms with Gasteiger partial charge in [0.25, 0.3) is 15.9 Å². The highest BCUT2D eigenvalue weighted by molar-refractivity contribution is 7.92. The molecule has 12 heteroatoms. The summed E-state index contributed by atoms with van der Waals surface area (Å²) in [4.78, 5) is 37.1. The van der Waals surface area contributed by atoms with Gasteiger partial charge in [-0.2, -0.15) is 8.78 Å². The van der Waals surface area contributed by atoms with Crippen LogP contribution in [0.2, 0.25) is 0 Å². The van der Waals surface area contributed by atoms with Crippen molar-refractivity contribution in [3.05, 3.63) is 53.6 Å². The Labute approximate surface area is 181 Å². The number of alkyl halides is 2. The number of ether oxygens (including phenoxy) is 1. The highest BCUT2D eigenvalue weighted by Gasteiger charge is 2.39. The average molecular weight is 465 g/mol. The van der Waals surface area contributed by atoms with Crippen LogP contribution in [0.1, 0.15) is 28.8 Å². The molecule has 2 N–H and O–H groups in total. The van der Waals surface area contributed by atoms with Crippen LogP contribution in [0.5, 0.6) is 5.75 Å². The van der Waals surface area contributed by atoms with Gasteiger partial charge in [-0.25, -0.2) is 8.42 Å². The molecule has 2 aliphatic rings. The predicted octanol–water partition coefficient (Wildman–Crippen LogP) is 1.85. The van der Waals surface area contributed by atoms with Gasteiger partial charge in [0.05, 0.1) is 0 Å². The number of sulfonamides is 1. The third kappa shape index (κ3) is 4.13. The molecule has 32 heavy (non-hydrogen) atoms. The van der Waals surface area contributed by atoms with Crippen LogP contribution in [0.4, 0.5) is 14.5 Å². The van der Waals surface area contributed by atoms with Crippen molar-refractivity contribution in [1.82, 2.24) is 10.2 Å². The summed E-state index contributed by atoms with van der Waals surface area (Å²) >= 11 is 0. The normalized spacial score (nSPS) is 18.5. The smallest absolute Gasteiger partial charge is 0.387 e. The molecule has 1 atom stereocenters. The zero-order valence-electron chi connectivity index (χ0n) is 16.4. The van der Waals surface area contributed by atoms with Gasteiger partial charge in [-0.05, 0) is 42.3 Å². The van der Waals surface area contributed by atoms with E-state index in [0.717, 1.165) is 12.1 Å². The highest BCUT2D eigenvalue weighted by atomic mass is 32.2. The summed E-state index contributed by atoms with van der Waals surface area (Å²) in [5.74, 6) is -1.86. The third-order valence-corrected chi connectivity index (χ3v) is 6.55. The van der Waals surface area contributed by atoms with Crippen molar-refractivity contribution in [2.45, 2.75) is 36.9 Å². The van der Waals surface area contributed by atoms with Crippen LogP contribution >= 0.6 is 0 Å². The number of benzene rings is 2. The molecule has 2 aromatic rings. The molecule has 1 fully saturated rings. The van der Waals surface area contributed by atoms with Crippen LogP contribution in [0.25, 0.3) is 0 Å². The van der Waals surface area contributed by atoms with Crippen LogP contribution < -0.4 is 14.8 Å². The van der Waals surface area contributed by atoms with Gasteiger partial charge in [0, 0.05) is 24.2 Å². The first-order valence-electron chi connectivity index (χ1n) is 9.50. The summed E-state index contributed by atoms with van der Waals surface area (Å²) in [7, 11) is -4.28. The number of halogens is 2. The second kappa shape index (κ2) is 8.19. The minimum absolute atomic E-state index is 0.0566. The monoisotopic (exact) mass is 465 g/mol. The fraction of sp³-hybridized carbons (Fsp3) is 0.250. The van der Waals surface area contributed by atoms with Crippen molar-refractivity contribution in [2.75, 3.05) is 4.72 Å². The van der Waals surface area contributed by atoms with E-state index in [1.54, 1.807) is 0 Å². The van der Waals surface area contributed by atoms with E-state index in [1.165, 1.54) is 35.2 Å². The molecule has 0 spiro atoms. The molecule has 168 valence electrons. The Morgan fingerprint density at radius 3 is 2.59 bits per heavy atom. The van der Waals surface area contributed by atoms with Crippen molar-refractivity contribution in [3.8, 4) is 5.75 Å². The molecule has 2 aliphatic heterocycles. The maximum atomic E-state index is 12.8. The fourth-order valence-electron chi connectivity index (χ4n) is 3.71. The van der Waals surface area contributed by atoms with Crippen LogP contribution in [0, 0.1) is 0 Å². The van der Waals surface area contributed by atoms with E-state index in [9.17, 15) is 31.6 Å². The number of carbonyl (C=O) groups is 3. The molecule has 3 amide bonds. The van der Waals surface area contributed by atoms with Gasteiger partial charge in [-0.1, -0.05) is 12.1 Å². The topological polar surface area (TPSA) is 122 Å². The number of piperidine rings is 1. The average Bonchev–Trinajstić information content (AvgIpc) is 3.03. The van der Waals surface area contributed by atoms with Gasteiger partial charge < -0.3 is 9.64 Å². The van der Waals surface area contributed by atoms with Crippen LogP contribution in [-0.4, -0.2) is 43.7 Å². The first-order valence-corrected chi connectivity index (χ1v) is 11.0. The summed E-state index contributed by atoms with van der Waals surface area (Å²) in [5.41, 5.74) is 0.893. The number of nitrogens with zero attached hydrogens (tertiary/aromatic N) is 1. The van der Waals surface area contributed by atoms with E-state index in [0.29, 0.717) is 11.1 Å². The van der Waals surface area contributed by atoms with Crippen LogP contribution in [0.15, 0.2) is 47.4 Å². The Balaban J connectivity index is 1.56. The predicted molar refractivity (Wildman–Crippen MR) is 106 cm³/mol. The second-order valence-corrected chi connectivity index (χ2v) is 8.85. The lowest BCUT2D eigenvalue weighted by Crippen LogP contribution is -2.52. The minimum Gasteiger partial charge on any atom is -0.433 e. The number of anilines is 1. The van der Waals surface area contributed by atoms with Gasteiger partial charge in [-0.3, -0.25) is 24.4 Å². The van der Waals surface area contributed by atoms with Gasteiger partial charge in [0.2, 0.25) is 11.8 Å². The summed E-state index contributed by atoms with van der Waals surface area (Å²) in [6, 6.07) is 8.38. The Hall–Kier alpha value is -3.54. The van der Waals surface area contributed by atoms with Crippen LogP contribution in [-0.2, 0) is 26.2 Å². The second-order valence-electron chi connectivity index (χ2n) is 7.20. The number of nitrogens with one attached hydrogen (secondary N) is 2. The summed E-state index contributed by atoms with van der Waals surface area (Å²) in [5, 5.41) is 2.20. The number of hydrogen-bond acceptors (Lipinski definition) is 6. The highest BCUT2D eigenvalue weighted by Crippen LogP contribution is 2.31. The lowest BCUT2D eigenvalue weighted by atomic mass is 10.0. The molecular weight excluding hydrogens is 448 g/mol. The zero-order chi connectivity index (χ0) is 23.0. The van der Waals surface area contributed by atoms with Crippen molar-refractivity contribution in [1.29, 1.82) is 0 Å². The molecule has 2 heterocycles. The van der Waals surface area contributed by atoms with Crippen molar-refractivity contribution in [3.63, 3.8) is 0 Å². The first-order chi connectivity index (χ1) is 15.2. The summed E-state index contributed by atoms with van der Waals surface area (Å²) in [6.07, 6.45) is 0.312. The van der Waals surface area contributed by atoms with E-state index >= 15 is 0 Å². The molecular formula is C20H17F2N3O6S. The Morgan fingerprint density at radius 2 is 1.88 bits per heavy atom. The SMILES string of the molecule is O=C1CCC(N2Cc3cc(NS(=O)(=O)c4ccccc4OC(F)F)ccc3C2=O)C(=O)N1. The molecule has 0 saturated carbocycles. The van der Waals surface area contributed by atoms with E-state index in [-0.39, 0.29) is 25.1 Å². The molecule has 1 unspecified atom stereocenters. The van der Waals surface area contributed by atoms with E-state index in [4.69, 9.17) is 0 Å². The molecule has 0 aromatic heterocycles. The third-order valence-electron chi connectivity index (χ3n) is 5.13. The van der Waals surface area contributed by atoms with Crippen molar-refractivity contribution >= 4 is 33.4 Å². The quantitative estimate of drug-likeness (QED) is 0.628. The molecule has 4 rings (SSSR count). The molecule has 0 aliphatic carbocycles. The molecule has 1 saturated heterocycles. The zero-order valence-corrected chi connectivity index (χ0v) is 17.2. The molecule has 0 bridgehead atoms. The number of hydrogen-bond donors (Lipinski definition) is 2. The lowest BCUT2D eigenvalue weighted by Gasteiger charge is -2.29. The van der Waals surface area contributed by atoms with Gasteiger partial charge in [-0.15, -0.1) is 0 Å². The number of para-hydroxylation sites is 1. The van der Waals surface area contributed by atoms with E-state index in [2.05, 4.69) is 14.8 Å². The van der Waals surface area contributed by atoms with Crippen LogP contribution in [0.3, 0.4) is 0 Å². The Kier molecular flexibility index (Phi) is 5.55. The van der Waals surface area contributed by atoms with Gasteiger partial charge in [0.1, 0.15) is 16.7 Å². The summed E-state index contributed by atoms with van der Waals surface area (Å²) < 4.78 is 57.3. The Bertz CT molecular complexity index is 1220. The number of rotatable bonds is 6. The molecule has 2 aromatic carbocycles. The fourth-order valence-corrected chi connectivity index (χ4v) is 4.90. The lowest BCUT2D eigenvalue weighted by molar-refractivity contribution is -0.136. The standard InChI is InChI=1S/C20H17F2N3O6S/c21-20(22)31-15-3-1-2-4-16(15)32(29,30)24-12-5-6-13-11(9-12)10-25(19(13)28)14-7-8-17(26)23-18(14)27/h1-6,9,14,20,24H,7-8,10H2,(H,23,26,27).